The normalized spacial score (nSPS) is 18.8. The van der Waals surface area contributed by atoms with Crippen LogP contribution in [0.2, 0.25) is 5.02 Å². The van der Waals surface area contributed by atoms with E-state index >= 15 is 0 Å². The van der Waals surface area contributed by atoms with Crippen LogP contribution in [-0.4, -0.2) is 33.2 Å². The molecule has 1 aliphatic rings. The number of aliphatic hydroxyl groups is 1. The van der Waals surface area contributed by atoms with Gasteiger partial charge in [-0.25, -0.2) is 0 Å². The molecule has 3 rings (SSSR count). The van der Waals surface area contributed by atoms with Crippen LogP contribution >= 0.6 is 11.6 Å². The Morgan fingerprint density at radius 2 is 1.95 bits per heavy atom. The molecule has 0 aliphatic carbocycles. The van der Waals surface area contributed by atoms with Crippen molar-refractivity contribution in [1.29, 1.82) is 0 Å². The zero-order valence-corrected chi connectivity index (χ0v) is 12.7. The maximum atomic E-state index is 10.8. The van der Waals surface area contributed by atoms with Gasteiger partial charge < -0.3 is 9.63 Å². The van der Waals surface area contributed by atoms with Gasteiger partial charge in [-0.05, 0) is 30.5 Å². The van der Waals surface area contributed by atoms with Crippen molar-refractivity contribution in [2.24, 2.45) is 0 Å². The summed E-state index contributed by atoms with van der Waals surface area (Å²) in [5, 5.41) is 15.4. The molecule has 0 unspecified atom stereocenters. The average Bonchev–Trinajstić information content (AvgIpc) is 2.88. The van der Waals surface area contributed by atoms with Crippen LogP contribution in [0.15, 0.2) is 28.8 Å². The summed E-state index contributed by atoms with van der Waals surface area (Å²) in [7, 11) is 0. The summed E-state index contributed by atoms with van der Waals surface area (Å²) < 4.78 is 4.98. The van der Waals surface area contributed by atoms with Crippen molar-refractivity contribution in [1.82, 2.24) is 15.0 Å². The van der Waals surface area contributed by atoms with Crippen LogP contribution in [-0.2, 0) is 12.1 Å². The van der Waals surface area contributed by atoms with E-state index in [1.807, 2.05) is 24.3 Å². The SMILES string of the molecule is Cc1nc(CN2CCC(O)(c3ccc(Cl)cc3)CC2)no1. The van der Waals surface area contributed by atoms with Crippen LogP contribution in [0.5, 0.6) is 0 Å². The summed E-state index contributed by atoms with van der Waals surface area (Å²) in [5.74, 6) is 1.28. The molecule has 0 bridgehead atoms. The number of rotatable bonds is 3. The van der Waals surface area contributed by atoms with Gasteiger partial charge in [-0.1, -0.05) is 28.9 Å². The van der Waals surface area contributed by atoms with Gasteiger partial charge in [-0.2, -0.15) is 4.98 Å². The van der Waals surface area contributed by atoms with Crippen molar-refractivity contribution < 1.29 is 9.63 Å². The van der Waals surface area contributed by atoms with Crippen molar-refractivity contribution in [3.63, 3.8) is 0 Å². The number of hydrogen-bond acceptors (Lipinski definition) is 5. The molecule has 1 aromatic heterocycles. The van der Waals surface area contributed by atoms with Crippen molar-refractivity contribution in [3.05, 3.63) is 46.6 Å². The maximum absolute atomic E-state index is 10.8. The molecule has 1 fully saturated rings. The average molecular weight is 308 g/mol. The van der Waals surface area contributed by atoms with Crippen LogP contribution in [0.25, 0.3) is 0 Å². The van der Waals surface area contributed by atoms with Crippen molar-refractivity contribution >= 4 is 11.6 Å². The third-order valence-electron chi connectivity index (χ3n) is 4.00. The number of nitrogens with zero attached hydrogens (tertiary/aromatic N) is 3. The molecular weight excluding hydrogens is 290 g/mol. The van der Waals surface area contributed by atoms with Crippen molar-refractivity contribution in [2.75, 3.05) is 13.1 Å². The first-order chi connectivity index (χ1) is 10.0. The second-order valence-electron chi connectivity index (χ2n) is 5.54. The predicted molar refractivity (Wildman–Crippen MR) is 78.9 cm³/mol. The highest BCUT2D eigenvalue weighted by atomic mass is 35.5. The number of benzene rings is 1. The molecule has 2 aromatic rings. The van der Waals surface area contributed by atoms with E-state index in [2.05, 4.69) is 15.0 Å². The summed E-state index contributed by atoms with van der Waals surface area (Å²) in [5.41, 5.74) is 0.163. The van der Waals surface area contributed by atoms with Gasteiger partial charge >= 0.3 is 0 Å². The number of hydrogen-bond donors (Lipinski definition) is 1. The molecule has 0 radical (unpaired) electrons. The van der Waals surface area contributed by atoms with Crippen LogP contribution in [0.1, 0.15) is 30.1 Å². The monoisotopic (exact) mass is 307 g/mol. The molecule has 1 aliphatic heterocycles. The van der Waals surface area contributed by atoms with E-state index in [0.717, 1.165) is 18.7 Å². The minimum absolute atomic E-state index is 0.583. The topological polar surface area (TPSA) is 62.4 Å². The number of halogens is 1. The van der Waals surface area contributed by atoms with E-state index in [-0.39, 0.29) is 0 Å². The van der Waals surface area contributed by atoms with Gasteiger partial charge in [0.15, 0.2) is 5.82 Å². The minimum atomic E-state index is -0.770. The lowest BCUT2D eigenvalue weighted by atomic mass is 9.84. The van der Waals surface area contributed by atoms with Gasteiger partial charge in [-0.3, -0.25) is 4.90 Å². The Hall–Kier alpha value is -1.43. The number of aryl methyl sites for hydroxylation is 1. The first-order valence-electron chi connectivity index (χ1n) is 7.05. The molecule has 0 spiro atoms. The van der Waals surface area contributed by atoms with Gasteiger partial charge in [0.05, 0.1) is 12.1 Å². The highest BCUT2D eigenvalue weighted by Gasteiger charge is 2.34. The molecule has 0 amide bonds. The Kier molecular flexibility index (Phi) is 3.97. The van der Waals surface area contributed by atoms with Crippen molar-refractivity contribution in [3.8, 4) is 0 Å². The molecule has 1 aromatic carbocycles. The molecule has 0 saturated carbocycles. The Morgan fingerprint density at radius 3 is 2.52 bits per heavy atom. The van der Waals surface area contributed by atoms with E-state index in [4.69, 9.17) is 16.1 Å². The summed E-state index contributed by atoms with van der Waals surface area (Å²) in [6.45, 7) is 4.04. The van der Waals surface area contributed by atoms with Crippen molar-refractivity contribution in [2.45, 2.75) is 31.9 Å². The standard InChI is InChI=1S/C15H18ClN3O2/c1-11-17-14(18-21-11)10-19-8-6-15(20,7-9-19)12-2-4-13(16)5-3-12/h2-5,20H,6-10H2,1H3. The Bertz CT molecular complexity index is 604. The fourth-order valence-corrected chi connectivity index (χ4v) is 2.86. The number of aromatic nitrogens is 2. The summed E-state index contributed by atoms with van der Waals surface area (Å²) in [4.78, 5) is 6.44. The van der Waals surface area contributed by atoms with Crippen LogP contribution < -0.4 is 0 Å². The fraction of sp³-hybridized carbons (Fsp3) is 0.467. The van der Waals surface area contributed by atoms with Gasteiger partial charge in [0.1, 0.15) is 0 Å². The van der Waals surface area contributed by atoms with Crippen LogP contribution in [0, 0.1) is 6.92 Å². The molecule has 112 valence electrons. The lowest BCUT2D eigenvalue weighted by Crippen LogP contribution is -2.42. The zero-order valence-electron chi connectivity index (χ0n) is 11.9. The highest BCUT2D eigenvalue weighted by molar-refractivity contribution is 6.30. The lowest BCUT2D eigenvalue weighted by Gasteiger charge is -2.38. The van der Waals surface area contributed by atoms with Gasteiger partial charge in [0, 0.05) is 25.0 Å². The molecule has 6 heteroatoms. The van der Waals surface area contributed by atoms with Crippen LogP contribution in [0.4, 0.5) is 0 Å². The van der Waals surface area contributed by atoms with E-state index in [0.29, 0.717) is 36.1 Å². The second kappa shape index (κ2) is 5.75. The fourth-order valence-electron chi connectivity index (χ4n) is 2.74. The molecule has 0 atom stereocenters. The minimum Gasteiger partial charge on any atom is -0.385 e. The molecule has 1 saturated heterocycles. The van der Waals surface area contributed by atoms with E-state index in [1.54, 1.807) is 6.92 Å². The maximum Gasteiger partial charge on any atom is 0.223 e. The number of piperidine rings is 1. The Balaban J connectivity index is 1.62. The zero-order chi connectivity index (χ0) is 14.9. The predicted octanol–water partition coefficient (Wildman–Crippen LogP) is 2.52. The number of likely N-dealkylation sites (tertiary alicyclic amines) is 1. The van der Waals surface area contributed by atoms with E-state index < -0.39 is 5.60 Å². The molecule has 21 heavy (non-hydrogen) atoms. The lowest BCUT2D eigenvalue weighted by molar-refractivity contribution is -0.0283. The van der Waals surface area contributed by atoms with Crippen LogP contribution in [0.3, 0.4) is 0 Å². The van der Waals surface area contributed by atoms with E-state index in [9.17, 15) is 5.11 Å². The second-order valence-corrected chi connectivity index (χ2v) is 5.98. The quantitative estimate of drug-likeness (QED) is 0.944. The van der Waals surface area contributed by atoms with E-state index in [1.165, 1.54) is 0 Å². The third-order valence-corrected chi connectivity index (χ3v) is 4.25. The summed E-state index contributed by atoms with van der Waals surface area (Å²) in [6, 6.07) is 7.45. The Labute approximate surface area is 128 Å². The molecule has 1 N–H and O–H groups in total. The smallest absolute Gasteiger partial charge is 0.223 e. The summed E-state index contributed by atoms with van der Waals surface area (Å²) >= 11 is 5.90. The first kappa shape index (κ1) is 14.5. The molecule has 2 heterocycles. The van der Waals surface area contributed by atoms with Gasteiger partial charge in [0.2, 0.25) is 5.89 Å². The van der Waals surface area contributed by atoms with Gasteiger partial charge in [0.25, 0.3) is 0 Å². The molecular formula is C15H18ClN3O2. The largest absolute Gasteiger partial charge is 0.385 e. The molecule has 5 nitrogen and oxygen atoms in total. The van der Waals surface area contributed by atoms with Gasteiger partial charge in [-0.15, -0.1) is 0 Å². The first-order valence-corrected chi connectivity index (χ1v) is 7.43. The Morgan fingerprint density at radius 1 is 1.29 bits per heavy atom. The summed E-state index contributed by atoms with van der Waals surface area (Å²) in [6.07, 6.45) is 1.37. The highest BCUT2D eigenvalue weighted by Crippen LogP contribution is 2.33. The third kappa shape index (κ3) is 3.26.